The van der Waals surface area contributed by atoms with Crippen molar-refractivity contribution in [3.63, 3.8) is 0 Å². The van der Waals surface area contributed by atoms with Crippen molar-refractivity contribution in [1.82, 2.24) is 9.97 Å². The molecule has 1 aliphatic rings. The van der Waals surface area contributed by atoms with Crippen LogP contribution in [0.15, 0.2) is 85.2 Å². The van der Waals surface area contributed by atoms with Crippen molar-refractivity contribution in [2.75, 3.05) is 32.8 Å². The molecule has 1 N–H and O–H groups in total. The van der Waals surface area contributed by atoms with Gasteiger partial charge in [0, 0.05) is 40.9 Å². The summed E-state index contributed by atoms with van der Waals surface area (Å²) in [6, 6.07) is 14.6. The molecule has 0 saturated carbocycles. The Balaban J connectivity index is 1.57. The number of aromatic nitrogens is 2. The second kappa shape index (κ2) is 13.0. The molecule has 1 heterocycles. The number of fused-ring (bicyclic) bond motifs is 1. The SMILES string of the molecule is COCCOc1cc2ncnc(Nc3ccc(OC(c4ccccc4)C(F)(F)F)cc3C3=CC(=O)C=CC3=O)c2cc1OC. The van der Waals surface area contributed by atoms with Gasteiger partial charge in [-0.2, -0.15) is 13.2 Å². The first kappa shape index (κ1) is 30.2. The van der Waals surface area contributed by atoms with Crippen LogP contribution in [0.5, 0.6) is 17.2 Å². The van der Waals surface area contributed by atoms with Crippen molar-refractivity contribution >= 4 is 39.5 Å². The number of allylic oxidation sites excluding steroid dienone is 4. The number of carbonyl (C=O) groups is 2. The molecule has 1 unspecified atom stereocenters. The van der Waals surface area contributed by atoms with E-state index in [0.29, 0.717) is 34.8 Å². The van der Waals surface area contributed by atoms with E-state index >= 15 is 0 Å². The fraction of sp³-hybridized carbons (Fsp3) is 0.188. The average Bonchev–Trinajstić information content (AvgIpc) is 3.01. The number of rotatable bonds is 11. The molecular weight excluding hydrogens is 579 g/mol. The lowest BCUT2D eigenvalue weighted by atomic mass is 9.94. The number of anilines is 2. The normalized spacial score (nSPS) is 13.9. The first-order valence-corrected chi connectivity index (χ1v) is 13.3. The fourth-order valence-electron chi connectivity index (χ4n) is 4.53. The van der Waals surface area contributed by atoms with Crippen molar-refractivity contribution in [2.45, 2.75) is 12.3 Å². The standard InChI is InChI=1S/C32H26F3N3O6/c1-41-12-13-43-29-17-26-24(16-28(29)42-2)31(37-18-36-26)38-25-10-9-21(15-22(25)23-14-20(39)8-11-27(23)40)44-30(32(33,34)35)19-6-4-3-5-7-19/h3-11,14-18,30H,12-13H2,1-2H3,(H,36,37,38). The molecule has 226 valence electrons. The van der Waals surface area contributed by atoms with E-state index in [1.54, 1.807) is 25.3 Å². The Morgan fingerprint density at radius 2 is 1.70 bits per heavy atom. The van der Waals surface area contributed by atoms with E-state index in [1.807, 2.05) is 0 Å². The van der Waals surface area contributed by atoms with Gasteiger partial charge in [-0.1, -0.05) is 30.3 Å². The highest BCUT2D eigenvalue weighted by molar-refractivity contribution is 6.34. The number of carbonyl (C=O) groups excluding carboxylic acids is 2. The third-order valence-corrected chi connectivity index (χ3v) is 6.60. The maximum absolute atomic E-state index is 14.1. The molecular formula is C32H26F3N3O6. The van der Waals surface area contributed by atoms with Crippen molar-refractivity contribution < 1.29 is 41.7 Å². The first-order chi connectivity index (χ1) is 21.2. The van der Waals surface area contributed by atoms with E-state index in [4.69, 9.17) is 18.9 Å². The summed E-state index contributed by atoms with van der Waals surface area (Å²) in [4.78, 5) is 33.8. The van der Waals surface area contributed by atoms with E-state index in [-0.39, 0.29) is 34.7 Å². The Hall–Kier alpha value is -5.23. The third kappa shape index (κ3) is 6.70. The molecule has 9 nitrogen and oxygen atoms in total. The zero-order valence-electron chi connectivity index (χ0n) is 23.6. The third-order valence-electron chi connectivity index (χ3n) is 6.60. The molecule has 0 amide bonds. The van der Waals surface area contributed by atoms with E-state index in [2.05, 4.69) is 15.3 Å². The minimum absolute atomic E-state index is 0.0292. The molecule has 0 radical (unpaired) electrons. The number of hydrogen-bond donors (Lipinski definition) is 1. The van der Waals surface area contributed by atoms with Crippen LogP contribution in [0.3, 0.4) is 0 Å². The maximum atomic E-state index is 14.1. The van der Waals surface area contributed by atoms with Crippen LogP contribution in [0.25, 0.3) is 16.5 Å². The Bertz CT molecular complexity index is 1760. The summed E-state index contributed by atoms with van der Waals surface area (Å²) in [6.45, 7) is 0.643. The number of halogens is 3. The summed E-state index contributed by atoms with van der Waals surface area (Å²) >= 11 is 0. The largest absolute Gasteiger partial charge is 0.493 e. The topological polar surface area (TPSA) is 109 Å². The van der Waals surface area contributed by atoms with Crippen LogP contribution in [0.1, 0.15) is 17.2 Å². The van der Waals surface area contributed by atoms with Crippen LogP contribution < -0.4 is 19.5 Å². The summed E-state index contributed by atoms with van der Waals surface area (Å²) < 4.78 is 63.9. The van der Waals surface area contributed by atoms with Gasteiger partial charge in [0.05, 0.1) is 19.2 Å². The predicted octanol–water partition coefficient (Wildman–Crippen LogP) is 6.18. The Morgan fingerprint density at radius 3 is 2.43 bits per heavy atom. The Labute approximate surface area is 249 Å². The van der Waals surface area contributed by atoms with E-state index in [9.17, 15) is 22.8 Å². The minimum atomic E-state index is -4.73. The number of nitrogens with one attached hydrogen (secondary N) is 1. The molecule has 0 saturated heterocycles. The molecule has 0 bridgehead atoms. The highest BCUT2D eigenvalue weighted by Crippen LogP contribution is 2.40. The molecule has 1 aromatic heterocycles. The predicted molar refractivity (Wildman–Crippen MR) is 156 cm³/mol. The zero-order valence-corrected chi connectivity index (χ0v) is 23.6. The zero-order chi connectivity index (χ0) is 31.3. The van der Waals surface area contributed by atoms with Gasteiger partial charge in [0.15, 0.2) is 23.1 Å². The molecule has 1 aliphatic carbocycles. The minimum Gasteiger partial charge on any atom is -0.493 e. The number of benzene rings is 3. The van der Waals surface area contributed by atoms with Crippen molar-refractivity contribution in [3.8, 4) is 17.2 Å². The number of methoxy groups -OCH3 is 2. The molecule has 0 fully saturated rings. The molecule has 12 heteroatoms. The molecule has 44 heavy (non-hydrogen) atoms. The van der Waals surface area contributed by atoms with Crippen LogP contribution in [0.2, 0.25) is 0 Å². The Kier molecular flexibility index (Phi) is 8.91. The molecule has 0 aliphatic heterocycles. The van der Waals surface area contributed by atoms with Gasteiger partial charge in [-0.3, -0.25) is 9.59 Å². The highest BCUT2D eigenvalue weighted by atomic mass is 19.4. The first-order valence-electron chi connectivity index (χ1n) is 13.3. The lowest BCUT2D eigenvalue weighted by Crippen LogP contribution is -2.26. The van der Waals surface area contributed by atoms with E-state index < -0.39 is 23.8 Å². The smallest absolute Gasteiger partial charge is 0.429 e. The van der Waals surface area contributed by atoms with Crippen LogP contribution in [-0.4, -0.2) is 55.1 Å². The number of nitrogens with zero attached hydrogens (tertiary/aromatic N) is 2. The van der Waals surface area contributed by atoms with Crippen LogP contribution in [-0.2, 0) is 14.3 Å². The summed E-state index contributed by atoms with van der Waals surface area (Å²) in [5.74, 6) is 0.00870. The highest BCUT2D eigenvalue weighted by Gasteiger charge is 2.43. The Morgan fingerprint density at radius 1 is 0.909 bits per heavy atom. The molecule has 0 spiro atoms. The van der Waals surface area contributed by atoms with Crippen LogP contribution in [0.4, 0.5) is 24.7 Å². The van der Waals surface area contributed by atoms with E-state index in [0.717, 1.165) is 18.2 Å². The van der Waals surface area contributed by atoms with Crippen molar-refractivity contribution in [2.24, 2.45) is 0 Å². The van der Waals surface area contributed by atoms with Gasteiger partial charge in [-0.05, 0) is 42.5 Å². The average molecular weight is 606 g/mol. The molecule has 1 atom stereocenters. The van der Waals surface area contributed by atoms with Gasteiger partial charge in [0.25, 0.3) is 0 Å². The quantitative estimate of drug-likeness (QED) is 0.158. The maximum Gasteiger partial charge on any atom is 0.429 e. The number of ether oxygens (including phenoxy) is 4. The lowest BCUT2D eigenvalue weighted by molar-refractivity contribution is -0.198. The summed E-state index contributed by atoms with van der Waals surface area (Å²) in [6.07, 6.45) is -2.35. The van der Waals surface area contributed by atoms with Gasteiger partial charge in [-0.25, -0.2) is 9.97 Å². The molecule has 5 rings (SSSR count). The van der Waals surface area contributed by atoms with Gasteiger partial charge < -0.3 is 24.3 Å². The second-order valence-corrected chi connectivity index (χ2v) is 9.52. The van der Waals surface area contributed by atoms with Crippen LogP contribution in [0, 0.1) is 0 Å². The fourth-order valence-corrected chi connectivity index (χ4v) is 4.53. The number of ketones is 2. The summed E-state index contributed by atoms with van der Waals surface area (Å²) in [5, 5.41) is 3.66. The summed E-state index contributed by atoms with van der Waals surface area (Å²) in [7, 11) is 3.04. The number of hydrogen-bond acceptors (Lipinski definition) is 9. The number of alkyl halides is 3. The summed E-state index contributed by atoms with van der Waals surface area (Å²) in [5.41, 5.74) is 0.791. The molecule has 3 aromatic carbocycles. The lowest BCUT2D eigenvalue weighted by Gasteiger charge is -2.23. The van der Waals surface area contributed by atoms with Crippen LogP contribution >= 0.6 is 0 Å². The second-order valence-electron chi connectivity index (χ2n) is 9.52. The van der Waals surface area contributed by atoms with Gasteiger partial charge in [0.1, 0.15) is 24.5 Å². The van der Waals surface area contributed by atoms with Gasteiger partial charge >= 0.3 is 6.18 Å². The van der Waals surface area contributed by atoms with E-state index in [1.165, 1.54) is 55.9 Å². The van der Waals surface area contributed by atoms with Gasteiger partial charge in [-0.15, -0.1) is 0 Å². The van der Waals surface area contributed by atoms with Crippen molar-refractivity contribution in [3.05, 3.63) is 96.3 Å². The van der Waals surface area contributed by atoms with Gasteiger partial charge in [0.2, 0.25) is 6.10 Å². The van der Waals surface area contributed by atoms with Crippen molar-refractivity contribution in [1.29, 1.82) is 0 Å². The molecule has 4 aromatic rings. The monoisotopic (exact) mass is 605 g/mol.